The van der Waals surface area contributed by atoms with Crippen LogP contribution in [0.25, 0.3) is 10.8 Å². The molecule has 2 aromatic rings. The number of hydrogen-bond acceptors (Lipinski definition) is 4. The van der Waals surface area contributed by atoms with E-state index in [9.17, 15) is 9.90 Å². The van der Waals surface area contributed by atoms with Crippen LogP contribution in [0.4, 0.5) is 0 Å². The van der Waals surface area contributed by atoms with Gasteiger partial charge in [-0.3, -0.25) is 0 Å². The summed E-state index contributed by atoms with van der Waals surface area (Å²) in [5, 5.41) is 11.5. The van der Waals surface area contributed by atoms with Crippen LogP contribution in [0.1, 0.15) is 18.1 Å². The van der Waals surface area contributed by atoms with Gasteiger partial charge in [0.05, 0.1) is 25.9 Å². The molecule has 1 heterocycles. The normalized spacial score (nSPS) is 25.1. The van der Waals surface area contributed by atoms with Crippen molar-refractivity contribution in [2.24, 2.45) is 5.92 Å². The number of aldehydes is 1. The van der Waals surface area contributed by atoms with Gasteiger partial charge in [0.2, 0.25) is 0 Å². The van der Waals surface area contributed by atoms with Gasteiger partial charge in [0.15, 0.2) is 0 Å². The lowest BCUT2D eigenvalue weighted by atomic mass is 9.96. The standard InChI is InChI=1S/C17H18O4/c1-20-15-7-12-5-3-2-4-11(12)6-14(15)16-8-13(9-18)17(10-19)21-16/h2-7,9,13,16-17,19H,8,10H2,1H3/t13?,16-,17-/m1/s1. The van der Waals surface area contributed by atoms with E-state index < -0.39 is 6.10 Å². The summed E-state index contributed by atoms with van der Waals surface area (Å²) < 4.78 is 11.3. The zero-order chi connectivity index (χ0) is 14.8. The summed E-state index contributed by atoms with van der Waals surface area (Å²) in [6.07, 6.45) is 0.790. The minimum atomic E-state index is -0.427. The molecule has 3 atom stereocenters. The van der Waals surface area contributed by atoms with Crippen molar-refractivity contribution in [2.75, 3.05) is 13.7 Å². The van der Waals surface area contributed by atoms with Gasteiger partial charge in [0.1, 0.15) is 12.0 Å². The Morgan fingerprint density at radius 1 is 1.33 bits per heavy atom. The molecule has 0 radical (unpaired) electrons. The summed E-state index contributed by atoms with van der Waals surface area (Å²) in [7, 11) is 1.63. The molecule has 1 N–H and O–H groups in total. The van der Waals surface area contributed by atoms with E-state index in [1.54, 1.807) is 7.11 Å². The van der Waals surface area contributed by atoms with Crippen molar-refractivity contribution < 1.29 is 19.4 Å². The van der Waals surface area contributed by atoms with Crippen LogP contribution >= 0.6 is 0 Å². The van der Waals surface area contributed by atoms with Crippen LogP contribution < -0.4 is 4.74 Å². The Kier molecular flexibility index (Phi) is 3.90. The van der Waals surface area contributed by atoms with E-state index in [1.165, 1.54) is 0 Å². The van der Waals surface area contributed by atoms with Crippen molar-refractivity contribution in [1.82, 2.24) is 0 Å². The molecule has 1 unspecified atom stereocenters. The van der Waals surface area contributed by atoms with E-state index in [2.05, 4.69) is 0 Å². The lowest BCUT2D eigenvalue weighted by Gasteiger charge is -2.17. The predicted octanol–water partition coefficient (Wildman–Crippen LogP) is 2.49. The molecule has 1 saturated heterocycles. The fourth-order valence-corrected chi connectivity index (χ4v) is 2.95. The monoisotopic (exact) mass is 286 g/mol. The Labute approximate surface area is 123 Å². The number of hydrogen-bond donors (Lipinski definition) is 1. The average Bonchev–Trinajstić information content (AvgIpc) is 2.96. The SMILES string of the molecule is COc1cc2ccccc2cc1[C@H]1CC(C=O)[C@@H](CO)O1. The summed E-state index contributed by atoms with van der Waals surface area (Å²) in [5.74, 6) is 0.484. The number of fused-ring (bicyclic) bond motifs is 1. The molecule has 110 valence electrons. The van der Waals surface area contributed by atoms with Gasteiger partial charge >= 0.3 is 0 Å². The van der Waals surface area contributed by atoms with Crippen molar-refractivity contribution in [3.05, 3.63) is 42.0 Å². The third-order valence-corrected chi connectivity index (χ3v) is 4.10. The molecule has 1 aliphatic heterocycles. The van der Waals surface area contributed by atoms with E-state index in [4.69, 9.17) is 9.47 Å². The van der Waals surface area contributed by atoms with Gasteiger partial charge in [-0.15, -0.1) is 0 Å². The molecule has 0 spiro atoms. The second-order valence-electron chi connectivity index (χ2n) is 5.32. The van der Waals surface area contributed by atoms with Gasteiger partial charge in [0.25, 0.3) is 0 Å². The second kappa shape index (κ2) is 5.84. The van der Waals surface area contributed by atoms with Crippen LogP contribution in [0, 0.1) is 5.92 Å². The molecular formula is C17H18O4. The molecule has 0 bridgehead atoms. The Morgan fingerprint density at radius 2 is 2.05 bits per heavy atom. The molecule has 4 heteroatoms. The molecule has 0 aliphatic carbocycles. The summed E-state index contributed by atoms with van der Waals surface area (Å²) in [5.41, 5.74) is 0.930. The third-order valence-electron chi connectivity index (χ3n) is 4.10. The highest BCUT2D eigenvalue weighted by molar-refractivity contribution is 5.85. The fourth-order valence-electron chi connectivity index (χ4n) is 2.95. The van der Waals surface area contributed by atoms with Gasteiger partial charge in [0, 0.05) is 11.5 Å². The maximum absolute atomic E-state index is 11.1. The number of benzene rings is 2. The molecule has 2 aromatic carbocycles. The highest BCUT2D eigenvalue weighted by Gasteiger charge is 2.36. The quantitative estimate of drug-likeness (QED) is 0.877. The minimum absolute atomic E-state index is 0.143. The lowest BCUT2D eigenvalue weighted by molar-refractivity contribution is -0.113. The van der Waals surface area contributed by atoms with Gasteiger partial charge in [-0.25, -0.2) is 0 Å². The Hall–Kier alpha value is -1.91. The molecule has 21 heavy (non-hydrogen) atoms. The van der Waals surface area contributed by atoms with Gasteiger partial charge in [-0.2, -0.15) is 0 Å². The molecule has 0 saturated carbocycles. The first-order valence-electron chi connectivity index (χ1n) is 7.05. The van der Waals surface area contributed by atoms with Crippen LogP contribution in [-0.4, -0.2) is 31.2 Å². The molecule has 1 aliphatic rings. The van der Waals surface area contributed by atoms with Crippen LogP contribution in [0.15, 0.2) is 36.4 Å². The smallest absolute Gasteiger partial charge is 0.125 e. The highest BCUT2D eigenvalue weighted by atomic mass is 16.5. The maximum Gasteiger partial charge on any atom is 0.125 e. The number of carbonyl (C=O) groups is 1. The number of rotatable bonds is 4. The average molecular weight is 286 g/mol. The molecule has 0 amide bonds. The molecule has 0 aromatic heterocycles. The van der Waals surface area contributed by atoms with Crippen LogP contribution in [0.3, 0.4) is 0 Å². The van der Waals surface area contributed by atoms with Crippen molar-refractivity contribution in [3.8, 4) is 5.75 Å². The zero-order valence-corrected chi connectivity index (χ0v) is 11.9. The Bertz CT molecular complexity index is 652. The van der Waals surface area contributed by atoms with Gasteiger partial charge in [-0.1, -0.05) is 24.3 Å². The zero-order valence-electron chi connectivity index (χ0n) is 11.9. The van der Waals surface area contributed by atoms with Gasteiger partial charge < -0.3 is 19.4 Å². The van der Waals surface area contributed by atoms with Crippen molar-refractivity contribution in [2.45, 2.75) is 18.6 Å². The first-order valence-corrected chi connectivity index (χ1v) is 7.05. The third kappa shape index (κ3) is 2.52. The van der Waals surface area contributed by atoms with Gasteiger partial charge in [-0.05, 0) is 29.3 Å². The Balaban J connectivity index is 2.01. The number of aliphatic hydroxyl groups is 1. The number of methoxy groups -OCH3 is 1. The van der Waals surface area contributed by atoms with E-state index >= 15 is 0 Å². The summed E-state index contributed by atoms with van der Waals surface area (Å²) >= 11 is 0. The molecular weight excluding hydrogens is 268 g/mol. The first kappa shape index (κ1) is 14.0. The number of ether oxygens (including phenoxy) is 2. The summed E-state index contributed by atoms with van der Waals surface area (Å²) in [6.45, 7) is -0.143. The Morgan fingerprint density at radius 3 is 2.62 bits per heavy atom. The fraction of sp³-hybridized carbons (Fsp3) is 0.353. The topological polar surface area (TPSA) is 55.8 Å². The van der Waals surface area contributed by atoms with E-state index in [0.717, 1.165) is 28.4 Å². The van der Waals surface area contributed by atoms with Crippen LogP contribution in [-0.2, 0) is 9.53 Å². The first-order chi connectivity index (χ1) is 10.3. The van der Waals surface area contributed by atoms with E-state index in [-0.39, 0.29) is 18.6 Å². The number of carbonyl (C=O) groups excluding carboxylic acids is 1. The van der Waals surface area contributed by atoms with Crippen LogP contribution in [0.2, 0.25) is 0 Å². The maximum atomic E-state index is 11.1. The largest absolute Gasteiger partial charge is 0.496 e. The summed E-state index contributed by atoms with van der Waals surface area (Å²) in [4.78, 5) is 11.1. The number of aliphatic hydroxyl groups excluding tert-OH is 1. The van der Waals surface area contributed by atoms with Crippen molar-refractivity contribution in [1.29, 1.82) is 0 Å². The summed E-state index contributed by atoms with van der Waals surface area (Å²) in [6, 6.07) is 12.1. The lowest BCUT2D eigenvalue weighted by Crippen LogP contribution is -2.21. The van der Waals surface area contributed by atoms with Crippen LogP contribution in [0.5, 0.6) is 5.75 Å². The molecule has 3 rings (SSSR count). The predicted molar refractivity (Wildman–Crippen MR) is 79.4 cm³/mol. The second-order valence-corrected chi connectivity index (χ2v) is 5.32. The van der Waals surface area contributed by atoms with E-state index in [0.29, 0.717) is 6.42 Å². The highest BCUT2D eigenvalue weighted by Crippen LogP contribution is 2.41. The molecule has 4 nitrogen and oxygen atoms in total. The minimum Gasteiger partial charge on any atom is -0.496 e. The van der Waals surface area contributed by atoms with Crippen molar-refractivity contribution in [3.63, 3.8) is 0 Å². The van der Waals surface area contributed by atoms with E-state index in [1.807, 2.05) is 36.4 Å². The van der Waals surface area contributed by atoms with Crippen molar-refractivity contribution >= 4 is 17.1 Å². The molecule has 1 fully saturated rings.